The maximum absolute atomic E-state index is 4.21. The van der Waals surface area contributed by atoms with Gasteiger partial charge in [-0.1, -0.05) is 13.8 Å². The van der Waals surface area contributed by atoms with E-state index in [-0.39, 0.29) is 0 Å². The topological polar surface area (TPSA) is 25.8 Å². The number of fused-ring (bicyclic) bond motifs is 1. The van der Waals surface area contributed by atoms with Crippen LogP contribution >= 0.6 is 0 Å². The van der Waals surface area contributed by atoms with E-state index in [1.165, 1.54) is 11.3 Å². The Morgan fingerprint density at radius 1 is 1.45 bits per heavy atom. The van der Waals surface area contributed by atoms with Crippen molar-refractivity contribution in [3.05, 3.63) is 23.8 Å². The Morgan fingerprint density at radius 2 is 2.27 bits per heavy atom. The van der Waals surface area contributed by atoms with E-state index >= 15 is 0 Å². The van der Waals surface area contributed by atoms with Gasteiger partial charge in [-0.25, -0.2) is 9.97 Å². The Morgan fingerprint density at radius 3 is 3.00 bits per heavy atom. The van der Waals surface area contributed by atoms with Gasteiger partial charge < -0.3 is 0 Å². The molecule has 1 aromatic heterocycles. The largest absolute Gasteiger partial charge is 0.241 e. The molecule has 2 nitrogen and oxygen atoms in total. The molecule has 0 N–H and O–H groups in total. The van der Waals surface area contributed by atoms with E-state index in [0.717, 1.165) is 12.8 Å². The third-order valence-corrected chi connectivity index (χ3v) is 2.12. The molecule has 0 bridgehead atoms. The first kappa shape index (κ1) is 6.77. The summed E-state index contributed by atoms with van der Waals surface area (Å²) in [6, 6.07) is 0. The summed E-state index contributed by atoms with van der Waals surface area (Å²) in [6.45, 7) is 4.50. The summed E-state index contributed by atoms with van der Waals surface area (Å²) in [4.78, 5) is 8.10. The lowest BCUT2D eigenvalue weighted by Gasteiger charge is -2.14. The van der Waals surface area contributed by atoms with E-state index in [0.29, 0.717) is 5.41 Å². The van der Waals surface area contributed by atoms with Gasteiger partial charge in [0.1, 0.15) is 6.33 Å². The van der Waals surface area contributed by atoms with E-state index in [2.05, 4.69) is 30.0 Å². The molecule has 2 heteroatoms. The standard InChI is InChI=1S/C9H11N2/c1-9(2)3-7-5-10-6-11-8(7)4-9/h6H,3-4H2,1-2H3. The Labute approximate surface area is 66.7 Å². The number of hydrogen-bond acceptors (Lipinski definition) is 2. The molecule has 0 atom stereocenters. The lowest BCUT2D eigenvalue weighted by Crippen LogP contribution is -2.09. The van der Waals surface area contributed by atoms with E-state index in [4.69, 9.17) is 0 Å². The number of hydrogen-bond donors (Lipinski definition) is 0. The van der Waals surface area contributed by atoms with Crippen molar-refractivity contribution in [1.29, 1.82) is 0 Å². The molecule has 1 heterocycles. The summed E-state index contributed by atoms with van der Waals surface area (Å²) >= 11 is 0. The summed E-state index contributed by atoms with van der Waals surface area (Å²) in [5.41, 5.74) is 2.76. The van der Waals surface area contributed by atoms with Crippen molar-refractivity contribution in [2.75, 3.05) is 0 Å². The van der Waals surface area contributed by atoms with Gasteiger partial charge in [0.05, 0.1) is 6.20 Å². The Kier molecular flexibility index (Phi) is 1.25. The normalized spacial score (nSPS) is 19.8. The third kappa shape index (κ3) is 1.13. The maximum atomic E-state index is 4.21. The van der Waals surface area contributed by atoms with Crippen LogP contribution < -0.4 is 0 Å². The molecule has 0 aromatic carbocycles. The first-order valence-corrected chi connectivity index (χ1v) is 3.88. The fourth-order valence-corrected chi connectivity index (χ4v) is 1.64. The smallest absolute Gasteiger partial charge is 0.116 e. The van der Waals surface area contributed by atoms with Crippen molar-refractivity contribution >= 4 is 0 Å². The van der Waals surface area contributed by atoms with Crippen molar-refractivity contribution < 1.29 is 0 Å². The number of rotatable bonds is 0. The van der Waals surface area contributed by atoms with E-state index in [1.807, 2.05) is 0 Å². The highest BCUT2D eigenvalue weighted by atomic mass is 14.8. The molecule has 11 heavy (non-hydrogen) atoms. The Hall–Kier alpha value is -0.920. The van der Waals surface area contributed by atoms with Crippen LogP contribution in [0, 0.1) is 11.6 Å². The van der Waals surface area contributed by atoms with Crippen LogP contribution in [0.5, 0.6) is 0 Å². The minimum atomic E-state index is 0.370. The summed E-state index contributed by atoms with van der Waals surface area (Å²) in [5, 5.41) is 0. The Balaban J connectivity index is 2.41. The molecule has 0 spiro atoms. The fourth-order valence-electron chi connectivity index (χ4n) is 1.64. The molecular formula is C9H11N2. The fraction of sp³-hybridized carbons (Fsp3) is 0.556. The van der Waals surface area contributed by atoms with Gasteiger partial charge in [-0.05, 0) is 18.3 Å². The molecule has 0 saturated carbocycles. The van der Waals surface area contributed by atoms with Crippen LogP contribution in [0.1, 0.15) is 25.1 Å². The average molecular weight is 147 g/mol. The number of aromatic nitrogens is 2. The number of nitrogens with zero attached hydrogens (tertiary/aromatic N) is 2. The molecule has 0 amide bonds. The highest BCUT2D eigenvalue weighted by molar-refractivity contribution is 5.23. The SMILES string of the molecule is CC1(C)Cc2[c]ncnc2C1. The molecule has 57 valence electrons. The zero-order valence-corrected chi connectivity index (χ0v) is 6.89. The van der Waals surface area contributed by atoms with Crippen LogP contribution in [-0.4, -0.2) is 9.97 Å². The predicted molar refractivity (Wildman–Crippen MR) is 42.1 cm³/mol. The van der Waals surface area contributed by atoms with Crippen molar-refractivity contribution in [2.24, 2.45) is 5.41 Å². The van der Waals surface area contributed by atoms with Gasteiger partial charge in [0.25, 0.3) is 0 Å². The first-order valence-electron chi connectivity index (χ1n) is 3.88. The second-order valence-electron chi connectivity index (χ2n) is 3.93. The molecule has 0 saturated heterocycles. The van der Waals surface area contributed by atoms with Crippen LogP contribution in [0.3, 0.4) is 0 Å². The van der Waals surface area contributed by atoms with Gasteiger partial charge in [0, 0.05) is 11.3 Å². The molecule has 2 rings (SSSR count). The molecule has 0 aliphatic heterocycles. The van der Waals surface area contributed by atoms with Crippen LogP contribution in [0.2, 0.25) is 0 Å². The van der Waals surface area contributed by atoms with Gasteiger partial charge >= 0.3 is 0 Å². The lowest BCUT2D eigenvalue weighted by molar-refractivity contribution is 0.390. The second kappa shape index (κ2) is 2.03. The molecule has 1 radical (unpaired) electrons. The second-order valence-corrected chi connectivity index (χ2v) is 3.93. The van der Waals surface area contributed by atoms with Crippen molar-refractivity contribution in [3.63, 3.8) is 0 Å². The van der Waals surface area contributed by atoms with Crippen LogP contribution in [0.4, 0.5) is 0 Å². The molecule has 1 aliphatic rings. The minimum Gasteiger partial charge on any atom is -0.241 e. The van der Waals surface area contributed by atoms with Gasteiger partial charge in [0.2, 0.25) is 0 Å². The predicted octanol–water partition coefficient (Wildman–Crippen LogP) is 1.40. The first-order chi connectivity index (χ1) is 5.17. The quantitative estimate of drug-likeness (QED) is 0.554. The molecule has 1 aliphatic carbocycles. The average Bonchev–Trinajstić information content (AvgIpc) is 2.21. The van der Waals surface area contributed by atoms with Crippen molar-refractivity contribution in [3.8, 4) is 0 Å². The van der Waals surface area contributed by atoms with Gasteiger partial charge in [-0.2, -0.15) is 0 Å². The van der Waals surface area contributed by atoms with E-state index < -0.39 is 0 Å². The highest BCUT2D eigenvalue weighted by Crippen LogP contribution is 2.33. The summed E-state index contributed by atoms with van der Waals surface area (Å²) in [7, 11) is 0. The van der Waals surface area contributed by atoms with E-state index in [1.54, 1.807) is 6.33 Å². The monoisotopic (exact) mass is 147 g/mol. The lowest BCUT2D eigenvalue weighted by atomic mass is 9.91. The van der Waals surface area contributed by atoms with Crippen LogP contribution in [0.25, 0.3) is 0 Å². The zero-order chi connectivity index (χ0) is 7.90. The van der Waals surface area contributed by atoms with Gasteiger partial charge in [-0.15, -0.1) is 0 Å². The van der Waals surface area contributed by atoms with Crippen molar-refractivity contribution in [2.45, 2.75) is 26.7 Å². The van der Waals surface area contributed by atoms with E-state index in [9.17, 15) is 0 Å². The molecular weight excluding hydrogens is 136 g/mol. The van der Waals surface area contributed by atoms with Crippen molar-refractivity contribution in [1.82, 2.24) is 9.97 Å². The summed E-state index contributed by atoms with van der Waals surface area (Å²) in [5.74, 6) is 0. The summed E-state index contributed by atoms with van der Waals surface area (Å²) < 4.78 is 0. The summed E-state index contributed by atoms with van der Waals surface area (Å²) in [6.07, 6.45) is 6.72. The molecule has 1 aromatic rings. The maximum Gasteiger partial charge on any atom is 0.116 e. The highest BCUT2D eigenvalue weighted by Gasteiger charge is 2.29. The van der Waals surface area contributed by atoms with Gasteiger partial charge in [-0.3, -0.25) is 0 Å². The third-order valence-electron chi connectivity index (χ3n) is 2.12. The van der Waals surface area contributed by atoms with Crippen LogP contribution in [-0.2, 0) is 12.8 Å². The Bertz CT molecular complexity index is 252. The van der Waals surface area contributed by atoms with Gasteiger partial charge in [0.15, 0.2) is 0 Å². The molecule has 0 unspecified atom stereocenters. The minimum absolute atomic E-state index is 0.370. The van der Waals surface area contributed by atoms with Crippen LogP contribution in [0.15, 0.2) is 6.33 Å². The molecule has 0 fully saturated rings. The zero-order valence-electron chi connectivity index (χ0n) is 6.89.